The van der Waals surface area contributed by atoms with E-state index in [9.17, 15) is 0 Å². The summed E-state index contributed by atoms with van der Waals surface area (Å²) in [6.45, 7) is 27.0. The van der Waals surface area contributed by atoms with Crippen LogP contribution in [0.25, 0.3) is 0 Å². The second-order valence-corrected chi connectivity index (χ2v) is 20.9. The first-order chi connectivity index (χ1) is 11.8. The molecule has 0 aliphatic carbocycles. The van der Waals surface area contributed by atoms with E-state index < -0.39 is 26.7 Å². The average molecular weight is 419 g/mol. The molecule has 0 aliphatic heterocycles. The van der Waals surface area contributed by atoms with Gasteiger partial charge in [-0.2, -0.15) is 0 Å². The summed E-state index contributed by atoms with van der Waals surface area (Å²) in [7, 11) is -5.26. The van der Waals surface area contributed by atoms with E-state index in [-0.39, 0.29) is 10.4 Å². The van der Waals surface area contributed by atoms with Crippen LogP contribution in [0.3, 0.4) is 0 Å². The predicted molar refractivity (Wildman–Crippen MR) is 128 cm³/mol. The first kappa shape index (κ1) is 26.2. The van der Waals surface area contributed by atoms with Gasteiger partial charge in [-0.25, -0.2) is 0 Å². The second kappa shape index (κ2) is 9.59. The van der Waals surface area contributed by atoms with Crippen molar-refractivity contribution in [1.29, 1.82) is 0 Å². The summed E-state index contributed by atoms with van der Waals surface area (Å²) in [5.41, 5.74) is 2.14. The van der Waals surface area contributed by atoms with Crippen LogP contribution in [0.15, 0.2) is 24.3 Å². The van der Waals surface area contributed by atoms with Crippen molar-refractivity contribution in [3.8, 4) is 0 Å². The minimum absolute atomic E-state index is 0.0243. The SMILES string of the molecule is C=C[Si](C)(OC(CC)(CC)[Si](C)(C)CC)C(CC)(CC)OS(C)(C)C=C. The third-order valence-electron chi connectivity index (χ3n) is 6.88. The van der Waals surface area contributed by atoms with Crippen molar-refractivity contribution in [2.45, 2.75) is 96.4 Å². The van der Waals surface area contributed by atoms with Crippen molar-refractivity contribution in [2.75, 3.05) is 12.5 Å². The van der Waals surface area contributed by atoms with E-state index in [0.29, 0.717) is 0 Å². The Hall–Kier alpha value is 0.184. The molecule has 0 rings (SSSR count). The van der Waals surface area contributed by atoms with Crippen LogP contribution in [-0.2, 0) is 8.61 Å². The largest absolute Gasteiger partial charge is 0.408 e. The number of hydrogen-bond acceptors (Lipinski definition) is 2. The lowest BCUT2D eigenvalue weighted by molar-refractivity contribution is 0.0695. The molecule has 0 N–H and O–H groups in total. The molecule has 0 radical (unpaired) electrons. The molecule has 0 saturated carbocycles. The molecular weight excluding hydrogens is 372 g/mol. The highest BCUT2D eigenvalue weighted by molar-refractivity contribution is 8.31. The standard InChI is InChI=1S/C21H46O2SSi2/c1-13-20(14-2,22-24(8,9)17-5)26(12,19-7)23-21(15-3,16-4)25(10,11)18-6/h17,19H,5,7,13-16,18H2,1-4,6,8-12H3. The van der Waals surface area contributed by atoms with E-state index in [4.69, 9.17) is 8.61 Å². The van der Waals surface area contributed by atoms with Gasteiger partial charge in [-0.3, -0.25) is 0 Å². The molecule has 0 aliphatic rings. The highest BCUT2D eigenvalue weighted by Crippen LogP contribution is 2.52. The van der Waals surface area contributed by atoms with Crippen molar-refractivity contribution in [1.82, 2.24) is 0 Å². The van der Waals surface area contributed by atoms with Crippen LogP contribution in [-0.4, -0.2) is 39.4 Å². The van der Waals surface area contributed by atoms with Crippen LogP contribution in [0.5, 0.6) is 0 Å². The van der Waals surface area contributed by atoms with Crippen LogP contribution < -0.4 is 0 Å². The summed E-state index contributed by atoms with van der Waals surface area (Å²) in [5.74, 6) is 0. The van der Waals surface area contributed by atoms with Crippen molar-refractivity contribution >= 4 is 26.7 Å². The minimum atomic E-state index is -2.38. The van der Waals surface area contributed by atoms with Crippen LogP contribution in [0, 0.1) is 0 Å². The summed E-state index contributed by atoms with van der Waals surface area (Å²) in [6.07, 6.45) is 8.37. The summed E-state index contributed by atoms with van der Waals surface area (Å²) in [5, 5.41) is 1.70. The number of rotatable bonds is 13. The van der Waals surface area contributed by atoms with E-state index in [0.717, 1.165) is 25.7 Å². The van der Waals surface area contributed by atoms with Gasteiger partial charge in [0.1, 0.15) is 5.22 Å². The summed E-state index contributed by atoms with van der Waals surface area (Å²) >= 11 is 0. The lowest BCUT2D eigenvalue weighted by Crippen LogP contribution is -2.67. The Kier molecular flexibility index (Phi) is 9.66. The maximum Gasteiger partial charge on any atom is 0.246 e. The molecule has 1 atom stereocenters. The summed E-state index contributed by atoms with van der Waals surface area (Å²) < 4.78 is 14.2. The maximum absolute atomic E-state index is 7.30. The molecule has 0 heterocycles. The van der Waals surface area contributed by atoms with Crippen molar-refractivity contribution in [2.24, 2.45) is 0 Å². The zero-order chi connectivity index (χ0) is 20.9. The Morgan fingerprint density at radius 1 is 0.846 bits per heavy atom. The van der Waals surface area contributed by atoms with E-state index in [1.807, 2.05) is 5.41 Å². The van der Waals surface area contributed by atoms with Gasteiger partial charge in [0, 0.05) is 5.22 Å². The maximum atomic E-state index is 7.30. The fourth-order valence-electron chi connectivity index (χ4n) is 4.14. The molecule has 0 bridgehead atoms. The third-order valence-corrected chi connectivity index (χ3v) is 18.0. The van der Waals surface area contributed by atoms with E-state index in [2.05, 4.69) is 85.6 Å². The van der Waals surface area contributed by atoms with E-state index >= 15 is 0 Å². The molecule has 26 heavy (non-hydrogen) atoms. The Morgan fingerprint density at radius 3 is 1.54 bits per heavy atom. The molecule has 0 saturated heterocycles. The molecule has 156 valence electrons. The van der Waals surface area contributed by atoms with Gasteiger partial charge in [0.05, 0.1) is 8.07 Å². The molecule has 0 aromatic carbocycles. The summed E-state index contributed by atoms with van der Waals surface area (Å²) in [6, 6.07) is 1.23. The van der Waals surface area contributed by atoms with Gasteiger partial charge in [-0.05, 0) is 50.1 Å². The van der Waals surface area contributed by atoms with Gasteiger partial charge >= 0.3 is 0 Å². The second-order valence-electron chi connectivity index (χ2n) is 8.61. The first-order valence-electron chi connectivity index (χ1n) is 10.2. The highest BCUT2D eigenvalue weighted by Gasteiger charge is 2.56. The van der Waals surface area contributed by atoms with Crippen LogP contribution >= 0.6 is 10.3 Å². The molecule has 0 amide bonds. The lowest BCUT2D eigenvalue weighted by atomic mass is 10.2. The van der Waals surface area contributed by atoms with Crippen LogP contribution in [0.2, 0.25) is 25.7 Å². The quantitative estimate of drug-likeness (QED) is 0.291. The van der Waals surface area contributed by atoms with Crippen LogP contribution in [0.1, 0.15) is 60.3 Å². The molecule has 0 spiro atoms. The highest BCUT2D eigenvalue weighted by atomic mass is 32.3. The Bertz CT molecular complexity index is 469. The predicted octanol–water partition coefficient (Wildman–Crippen LogP) is 7.37. The fraction of sp³-hybridized carbons (Fsp3) is 0.810. The molecule has 2 nitrogen and oxygen atoms in total. The van der Waals surface area contributed by atoms with Crippen molar-refractivity contribution in [3.63, 3.8) is 0 Å². The van der Waals surface area contributed by atoms with Gasteiger partial charge in [-0.1, -0.05) is 66.0 Å². The van der Waals surface area contributed by atoms with Crippen molar-refractivity contribution < 1.29 is 8.61 Å². The van der Waals surface area contributed by atoms with Gasteiger partial charge in [0.2, 0.25) is 8.32 Å². The van der Waals surface area contributed by atoms with Gasteiger partial charge < -0.3 is 8.61 Å². The van der Waals surface area contributed by atoms with Gasteiger partial charge in [0.25, 0.3) is 0 Å². The smallest absolute Gasteiger partial charge is 0.246 e. The van der Waals surface area contributed by atoms with Crippen LogP contribution in [0.4, 0.5) is 0 Å². The fourth-order valence-corrected chi connectivity index (χ4v) is 14.0. The van der Waals surface area contributed by atoms with E-state index in [1.54, 1.807) is 0 Å². The third kappa shape index (κ3) is 4.96. The zero-order valence-electron chi connectivity index (χ0n) is 19.3. The molecule has 0 aromatic rings. The average Bonchev–Trinajstić information content (AvgIpc) is 2.63. The van der Waals surface area contributed by atoms with Crippen molar-refractivity contribution in [3.05, 3.63) is 24.3 Å². The molecular formula is C21H46O2SSi2. The molecule has 5 heteroatoms. The Morgan fingerprint density at radius 2 is 1.27 bits per heavy atom. The van der Waals surface area contributed by atoms with Gasteiger partial charge in [-0.15, -0.1) is 16.9 Å². The lowest BCUT2D eigenvalue weighted by Gasteiger charge is -2.55. The molecule has 1 unspecified atom stereocenters. The number of hydrogen-bond donors (Lipinski definition) is 0. The zero-order valence-corrected chi connectivity index (χ0v) is 22.1. The topological polar surface area (TPSA) is 18.5 Å². The molecule has 0 aromatic heterocycles. The van der Waals surface area contributed by atoms with E-state index in [1.165, 1.54) is 6.04 Å². The molecule has 0 fully saturated rings. The summed E-state index contributed by atoms with van der Waals surface area (Å²) in [4.78, 5) is 0. The Labute approximate surface area is 168 Å². The van der Waals surface area contributed by atoms with Gasteiger partial charge in [0.15, 0.2) is 0 Å². The monoisotopic (exact) mass is 418 g/mol. The normalized spacial score (nSPS) is 16.8. The Balaban J connectivity index is 6.33. The first-order valence-corrected chi connectivity index (χ1v) is 18.4. The minimum Gasteiger partial charge on any atom is -0.408 e.